The molecule has 0 saturated heterocycles. The van der Waals surface area contributed by atoms with Crippen molar-refractivity contribution in [1.29, 1.82) is 0 Å². The van der Waals surface area contributed by atoms with E-state index in [4.69, 9.17) is 9.47 Å². The Labute approximate surface area is 119 Å². The highest BCUT2D eigenvalue weighted by Gasteiger charge is 2.15. The molecule has 0 radical (unpaired) electrons. The summed E-state index contributed by atoms with van der Waals surface area (Å²) in [7, 11) is 3.20. The molecule has 0 aliphatic rings. The van der Waals surface area contributed by atoms with Crippen LogP contribution in [0.25, 0.3) is 0 Å². The monoisotopic (exact) mass is 272 g/mol. The van der Waals surface area contributed by atoms with Gasteiger partial charge >= 0.3 is 0 Å². The third-order valence-electron chi connectivity index (χ3n) is 3.41. The Morgan fingerprint density at radius 3 is 2.00 bits per heavy atom. The smallest absolute Gasteiger partial charge is 0.122 e. The quantitative estimate of drug-likeness (QED) is 0.927. The van der Waals surface area contributed by atoms with Gasteiger partial charge in [-0.3, -0.25) is 0 Å². The zero-order chi connectivity index (χ0) is 14.7. The molecule has 0 amide bonds. The van der Waals surface area contributed by atoms with E-state index in [2.05, 4.69) is 6.07 Å². The Balaban J connectivity index is 2.44. The molecule has 0 aromatic heterocycles. The van der Waals surface area contributed by atoms with E-state index < -0.39 is 6.10 Å². The molecule has 3 heteroatoms. The Hall–Kier alpha value is -2.00. The molecule has 0 heterocycles. The molecule has 2 aromatic rings. The molecule has 106 valence electrons. The fourth-order valence-corrected chi connectivity index (χ4v) is 2.30. The van der Waals surface area contributed by atoms with Gasteiger partial charge in [0.1, 0.15) is 17.6 Å². The van der Waals surface area contributed by atoms with Crippen molar-refractivity contribution in [2.24, 2.45) is 0 Å². The van der Waals surface area contributed by atoms with Crippen LogP contribution in [0.5, 0.6) is 11.5 Å². The van der Waals surface area contributed by atoms with Gasteiger partial charge in [0.25, 0.3) is 0 Å². The number of hydrogen-bond donors (Lipinski definition) is 1. The minimum atomic E-state index is -0.695. The second-order valence-corrected chi connectivity index (χ2v) is 4.91. The van der Waals surface area contributed by atoms with Gasteiger partial charge in [0, 0.05) is 6.07 Å². The first-order chi connectivity index (χ1) is 9.55. The molecule has 3 nitrogen and oxygen atoms in total. The maximum Gasteiger partial charge on any atom is 0.122 e. The maximum absolute atomic E-state index is 10.6. The van der Waals surface area contributed by atoms with E-state index in [9.17, 15) is 5.11 Å². The summed E-state index contributed by atoms with van der Waals surface area (Å²) in [6, 6.07) is 11.5. The lowest BCUT2D eigenvalue weighted by molar-refractivity contribution is 0.218. The van der Waals surface area contributed by atoms with Gasteiger partial charge in [-0.15, -0.1) is 0 Å². The van der Waals surface area contributed by atoms with Crippen molar-refractivity contribution in [3.63, 3.8) is 0 Å². The van der Waals surface area contributed by atoms with Crippen LogP contribution in [0.15, 0.2) is 36.4 Å². The predicted molar refractivity (Wildman–Crippen MR) is 79.5 cm³/mol. The predicted octanol–water partition coefficient (Wildman–Crippen LogP) is 3.40. The van der Waals surface area contributed by atoms with Crippen molar-refractivity contribution < 1.29 is 14.6 Å². The lowest BCUT2D eigenvalue weighted by Gasteiger charge is -2.16. The average Bonchev–Trinajstić information content (AvgIpc) is 2.46. The van der Waals surface area contributed by atoms with Crippen LogP contribution in [-0.4, -0.2) is 19.3 Å². The van der Waals surface area contributed by atoms with Crippen molar-refractivity contribution in [3.8, 4) is 11.5 Å². The van der Waals surface area contributed by atoms with Gasteiger partial charge in [-0.25, -0.2) is 0 Å². The average molecular weight is 272 g/mol. The molecule has 0 bridgehead atoms. The Morgan fingerprint density at radius 2 is 1.50 bits per heavy atom. The van der Waals surface area contributed by atoms with Crippen LogP contribution < -0.4 is 9.47 Å². The molecular formula is C17H20O3. The molecule has 0 saturated carbocycles. The van der Waals surface area contributed by atoms with Crippen LogP contribution in [0.1, 0.15) is 28.4 Å². The van der Waals surface area contributed by atoms with Gasteiger partial charge in [0.15, 0.2) is 0 Å². The number of hydrogen-bond acceptors (Lipinski definition) is 3. The number of methoxy groups -OCH3 is 2. The largest absolute Gasteiger partial charge is 0.497 e. The number of aliphatic hydroxyl groups excluding tert-OH is 1. The van der Waals surface area contributed by atoms with Crippen molar-refractivity contribution in [1.82, 2.24) is 0 Å². The number of ether oxygens (including phenoxy) is 2. The highest BCUT2D eigenvalue weighted by molar-refractivity contribution is 5.44. The molecule has 2 aromatic carbocycles. The molecule has 20 heavy (non-hydrogen) atoms. The van der Waals surface area contributed by atoms with Crippen molar-refractivity contribution in [2.45, 2.75) is 20.0 Å². The summed E-state index contributed by atoms with van der Waals surface area (Å²) in [6.07, 6.45) is -0.695. The van der Waals surface area contributed by atoms with E-state index >= 15 is 0 Å². The van der Waals surface area contributed by atoms with Crippen LogP contribution in [0.3, 0.4) is 0 Å². The Bertz CT molecular complexity index is 583. The summed E-state index contributed by atoms with van der Waals surface area (Å²) in [4.78, 5) is 0. The van der Waals surface area contributed by atoms with Crippen LogP contribution in [0.4, 0.5) is 0 Å². The van der Waals surface area contributed by atoms with Gasteiger partial charge in [-0.05, 0) is 42.7 Å². The number of aliphatic hydroxyl groups is 1. The van der Waals surface area contributed by atoms with E-state index in [0.29, 0.717) is 11.5 Å². The highest BCUT2D eigenvalue weighted by atomic mass is 16.5. The first kappa shape index (κ1) is 14.4. The van der Waals surface area contributed by atoms with Crippen molar-refractivity contribution in [2.75, 3.05) is 14.2 Å². The summed E-state index contributed by atoms with van der Waals surface area (Å²) in [5, 5.41) is 10.6. The Kier molecular flexibility index (Phi) is 4.30. The third kappa shape index (κ3) is 2.94. The lowest BCUT2D eigenvalue weighted by atomic mass is 9.96. The summed E-state index contributed by atoms with van der Waals surface area (Å²) < 4.78 is 10.5. The molecule has 0 aliphatic carbocycles. The molecule has 0 fully saturated rings. The topological polar surface area (TPSA) is 38.7 Å². The molecule has 1 unspecified atom stereocenters. The second kappa shape index (κ2) is 5.97. The molecule has 1 N–H and O–H groups in total. The van der Waals surface area contributed by atoms with Crippen LogP contribution in [0.2, 0.25) is 0 Å². The van der Waals surface area contributed by atoms with Crippen molar-refractivity contribution in [3.05, 3.63) is 58.7 Å². The lowest BCUT2D eigenvalue weighted by Crippen LogP contribution is -2.03. The van der Waals surface area contributed by atoms with E-state index in [0.717, 1.165) is 16.7 Å². The third-order valence-corrected chi connectivity index (χ3v) is 3.41. The van der Waals surface area contributed by atoms with Crippen molar-refractivity contribution >= 4 is 0 Å². The van der Waals surface area contributed by atoms with Gasteiger partial charge in [-0.2, -0.15) is 0 Å². The molecule has 0 aliphatic heterocycles. The zero-order valence-corrected chi connectivity index (χ0v) is 12.3. The second-order valence-electron chi connectivity index (χ2n) is 4.91. The van der Waals surface area contributed by atoms with Crippen LogP contribution in [0, 0.1) is 13.8 Å². The number of benzene rings is 2. The van der Waals surface area contributed by atoms with Gasteiger partial charge in [0.05, 0.1) is 14.2 Å². The Morgan fingerprint density at radius 1 is 0.900 bits per heavy atom. The summed E-state index contributed by atoms with van der Waals surface area (Å²) in [5.41, 5.74) is 3.90. The number of aryl methyl sites for hydroxylation is 2. The standard InChI is InChI=1S/C17H20O3/c1-11-5-6-16(12(2)7-11)17(18)13-8-14(19-3)10-15(9-13)20-4/h5-10,17-18H,1-4H3. The minimum absolute atomic E-state index is 0.670. The minimum Gasteiger partial charge on any atom is -0.497 e. The molecule has 2 rings (SSSR count). The van der Waals surface area contributed by atoms with Gasteiger partial charge < -0.3 is 14.6 Å². The fourth-order valence-electron chi connectivity index (χ4n) is 2.30. The van der Waals surface area contributed by atoms with Gasteiger partial charge in [-0.1, -0.05) is 23.8 Å². The van der Waals surface area contributed by atoms with E-state index in [-0.39, 0.29) is 0 Å². The molecule has 1 atom stereocenters. The van der Waals surface area contributed by atoms with Crippen LogP contribution >= 0.6 is 0 Å². The highest BCUT2D eigenvalue weighted by Crippen LogP contribution is 2.31. The summed E-state index contributed by atoms with van der Waals surface area (Å²) >= 11 is 0. The first-order valence-electron chi connectivity index (χ1n) is 6.53. The molecule has 0 spiro atoms. The van der Waals surface area contributed by atoms with E-state index in [1.807, 2.05) is 38.1 Å². The normalized spacial score (nSPS) is 12.1. The van der Waals surface area contributed by atoms with E-state index in [1.165, 1.54) is 5.56 Å². The first-order valence-corrected chi connectivity index (χ1v) is 6.53. The zero-order valence-electron chi connectivity index (χ0n) is 12.3. The molecular weight excluding hydrogens is 252 g/mol. The fraction of sp³-hybridized carbons (Fsp3) is 0.294. The SMILES string of the molecule is COc1cc(OC)cc(C(O)c2ccc(C)cc2C)c1. The number of rotatable bonds is 4. The van der Waals surface area contributed by atoms with Crippen LogP contribution in [-0.2, 0) is 0 Å². The summed E-state index contributed by atoms with van der Waals surface area (Å²) in [5.74, 6) is 1.34. The summed E-state index contributed by atoms with van der Waals surface area (Å²) in [6.45, 7) is 4.04. The van der Waals surface area contributed by atoms with Gasteiger partial charge in [0.2, 0.25) is 0 Å². The van der Waals surface area contributed by atoms with E-state index in [1.54, 1.807) is 20.3 Å². The maximum atomic E-state index is 10.6.